The Morgan fingerprint density at radius 1 is 0.900 bits per heavy atom. The maximum atomic E-state index is 12.6. The monoisotopic (exact) mass is 450 g/mol. The van der Waals surface area contributed by atoms with Crippen LogP contribution in [0.3, 0.4) is 0 Å². The summed E-state index contributed by atoms with van der Waals surface area (Å²) in [5, 5.41) is 34.4. The molecule has 0 aliphatic carbocycles. The lowest BCUT2D eigenvalue weighted by atomic mass is 10.1. The van der Waals surface area contributed by atoms with Crippen molar-refractivity contribution in [3.05, 3.63) is 0 Å². The molecule has 0 spiro atoms. The fraction of sp³-hybridized carbons (Fsp3) is 0.706. The summed E-state index contributed by atoms with van der Waals surface area (Å²) in [6.07, 6.45) is -0.121. The van der Waals surface area contributed by atoms with E-state index in [4.69, 9.17) is 15.9 Å². The molecule has 0 heterocycles. The van der Waals surface area contributed by atoms with Gasteiger partial charge in [0.05, 0.1) is 12.1 Å². The number of carboxylic acid groups (broad SMARTS) is 2. The van der Waals surface area contributed by atoms with Crippen LogP contribution in [0.5, 0.6) is 0 Å². The number of nitrogens with two attached hydrogens (primary N) is 1. The van der Waals surface area contributed by atoms with Crippen molar-refractivity contribution in [2.45, 2.75) is 63.4 Å². The number of hydrogen-bond donors (Lipinski definition) is 7. The minimum absolute atomic E-state index is 0.137. The van der Waals surface area contributed by atoms with Gasteiger partial charge in [-0.3, -0.25) is 19.2 Å². The van der Waals surface area contributed by atoms with E-state index < -0.39 is 66.4 Å². The number of thioether (sulfide) groups is 1. The molecular weight excluding hydrogens is 420 g/mol. The molecule has 0 fully saturated rings. The van der Waals surface area contributed by atoms with E-state index in [1.165, 1.54) is 25.6 Å². The highest BCUT2D eigenvalue weighted by Crippen LogP contribution is 2.06. The average Bonchev–Trinajstić information content (AvgIpc) is 2.64. The normalized spacial score (nSPS) is 15.8. The van der Waals surface area contributed by atoms with Gasteiger partial charge in [-0.2, -0.15) is 11.8 Å². The third kappa shape index (κ3) is 10.4. The van der Waals surface area contributed by atoms with Crippen LogP contribution in [0.2, 0.25) is 0 Å². The van der Waals surface area contributed by atoms with E-state index in [2.05, 4.69) is 16.0 Å². The van der Waals surface area contributed by atoms with Gasteiger partial charge in [-0.1, -0.05) is 0 Å². The molecule has 0 saturated heterocycles. The van der Waals surface area contributed by atoms with Crippen molar-refractivity contribution >= 4 is 41.4 Å². The SMILES string of the molecule is CSCCC(NC(=O)C(CCC(=O)O)NC(=O)C(C)N)C(=O)NC(C(=O)O)C(C)O. The highest BCUT2D eigenvalue weighted by molar-refractivity contribution is 7.98. The fourth-order valence-corrected chi connectivity index (χ4v) is 2.73. The summed E-state index contributed by atoms with van der Waals surface area (Å²) < 4.78 is 0. The van der Waals surface area contributed by atoms with E-state index in [9.17, 15) is 29.1 Å². The summed E-state index contributed by atoms with van der Waals surface area (Å²) in [6.45, 7) is 2.58. The largest absolute Gasteiger partial charge is 0.481 e. The lowest BCUT2D eigenvalue weighted by Crippen LogP contribution is -2.58. The lowest BCUT2D eigenvalue weighted by Gasteiger charge is -2.25. The highest BCUT2D eigenvalue weighted by Gasteiger charge is 2.31. The summed E-state index contributed by atoms with van der Waals surface area (Å²) in [4.78, 5) is 59.0. The molecule has 0 rings (SSSR count). The van der Waals surface area contributed by atoms with Crippen LogP contribution in [0.4, 0.5) is 0 Å². The van der Waals surface area contributed by atoms with Crippen LogP contribution in [0, 0.1) is 0 Å². The average molecular weight is 451 g/mol. The van der Waals surface area contributed by atoms with Crippen molar-refractivity contribution in [2.24, 2.45) is 5.73 Å². The quantitative estimate of drug-likeness (QED) is 0.153. The maximum Gasteiger partial charge on any atom is 0.328 e. The predicted octanol–water partition coefficient (Wildman–Crippen LogP) is -2.13. The highest BCUT2D eigenvalue weighted by atomic mass is 32.2. The Bertz CT molecular complexity index is 629. The van der Waals surface area contributed by atoms with Crippen molar-refractivity contribution in [1.82, 2.24) is 16.0 Å². The summed E-state index contributed by atoms with van der Waals surface area (Å²) in [7, 11) is 0. The van der Waals surface area contributed by atoms with Crippen LogP contribution in [-0.2, 0) is 24.0 Å². The molecule has 5 unspecified atom stereocenters. The lowest BCUT2D eigenvalue weighted by molar-refractivity contribution is -0.145. The number of aliphatic carboxylic acids is 2. The van der Waals surface area contributed by atoms with Gasteiger partial charge in [0.1, 0.15) is 12.1 Å². The number of aliphatic hydroxyl groups excluding tert-OH is 1. The standard InChI is InChI=1S/C17H30N4O8S/c1-8(18)14(25)19-10(4-5-12(23)24)15(26)20-11(6-7-30-3)16(27)21-13(9(2)22)17(28)29/h8-11,13,22H,4-7,18H2,1-3H3,(H,19,25)(H,20,26)(H,21,27)(H,23,24)(H,28,29). The first-order valence-electron chi connectivity index (χ1n) is 9.19. The van der Waals surface area contributed by atoms with E-state index >= 15 is 0 Å². The van der Waals surface area contributed by atoms with E-state index in [-0.39, 0.29) is 12.8 Å². The first-order valence-corrected chi connectivity index (χ1v) is 10.6. The molecule has 13 heteroatoms. The van der Waals surface area contributed by atoms with E-state index in [1.807, 2.05) is 0 Å². The second-order valence-electron chi connectivity index (χ2n) is 6.69. The molecular formula is C17H30N4O8S. The summed E-state index contributed by atoms with van der Waals surface area (Å²) >= 11 is 1.38. The Labute approximate surface area is 178 Å². The number of amides is 3. The van der Waals surface area contributed by atoms with E-state index in [1.54, 1.807) is 6.26 Å². The number of aliphatic hydroxyl groups is 1. The predicted molar refractivity (Wildman–Crippen MR) is 109 cm³/mol. The second-order valence-corrected chi connectivity index (χ2v) is 7.68. The van der Waals surface area contributed by atoms with Crippen LogP contribution < -0.4 is 21.7 Å². The minimum Gasteiger partial charge on any atom is -0.481 e. The summed E-state index contributed by atoms with van der Waals surface area (Å²) in [5.41, 5.74) is 5.46. The summed E-state index contributed by atoms with van der Waals surface area (Å²) in [5.74, 6) is -4.50. The van der Waals surface area contributed by atoms with Gasteiger partial charge >= 0.3 is 11.9 Å². The van der Waals surface area contributed by atoms with Crippen LogP contribution in [0.25, 0.3) is 0 Å². The molecule has 3 amide bonds. The molecule has 0 bridgehead atoms. The zero-order valence-corrected chi connectivity index (χ0v) is 17.9. The molecule has 0 aromatic carbocycles. The number of hydrogen-bond acceptors (Lipinski definition) is 8. The Kier molecular flexibility index (Phi) is 12.7. The molecule has 0 aliphatic heterocycles. The smallest absolute Gasteiger partial charge is 0.328 e. The van der Waals surface area contributed by atoms with Crippen molar-refractivity contribution in [1.29, 1.82) is 0 Å². The molecule has 0 aromatic heterocycles. The van der Waals surface area contributed by atoms with Gasteiger partial charge in [0.2, 0.25) is 17.7 Å². The summed E-state index contributed by atoms with van der Waals surface area (Å²) in [6, 6.07) is -4.93. The topological polar surface area (TPSA) is 208 Å². The third-order valence-electron chi connectivity index (χ3n) is 3.98. The van der Waals surface area contributed by atoms with Crippen molar-refractivity contribution in [3.8, 4) is 0 Å². The molecule has 0 radical (unpaired) electrons. The van der Waals surface area contributed by atoms with Crippen molar-refractivity contribution < 1.29 is 39.3 Å². The minimum atomic E-state index is -1.58. The molecule has 172 valence electrons. The Balaban J connectivity index is 5.41. The maximum absolute atomic E-state index is 12.6. The first kappa shape index (κ1) is 27.6. The van der Waals surface area contributed by atoms with Crippen LogP contribution >= 0.6 is 11.8 Å². The molecule has 5 atom stereocenters. The number of nitrogens with one attached hydrogen (secondary N) is 3. The molecule has 0 saturated carbocycles. The number of carboxylic acids is 2. The van der Waals surface area contributed by atoms with Crippen molar-refractivity contribution in [3.63, 3.8) is 0 Å². The Morgan fingerprint density at radius 3 is 1.83 bits per heavy atom. The zero-order valence-electron chi connectivity index (χ0n) is 17.1. The fourth-order valence-electron chi connectivity index (χ4n) is 2.26. The van der Waals surface area contributed by atoms with Crippen LogP contribution in [0.15, 0.2) is 0 Å². The van der Waals surface area contributed by atoms with Gasteiger partial charge in [0.15, 0.2) is 6.04 Å². The molecule has 0 aromatic rings. The molecule has 30 heavy (non-hydrogen) atoms. The molecule has 8 N–H and O–H groups in total. The molecule has 12 nitrogen and oxygen atoms in total. The Morgan fingerprint density at radius 2 is 1.40 bits per heavy atom. The van der Waals surface area contributed by atoms with Gasteiger partial charge < -0.3 is 37.0 Å². The zero-order chi connectivity index (χ0) is 23.4. The van der Waals surface area contributed by atoms with Gasteiger partial charge in [-0.05, 0) is 38.7 Å². The van der Waals surface area contributed by atoms with Gasteiger partial charge in [0, 0.05) is 6.42 Å². The number of rotatable bonds is 14. The van der Waals surface area contributed by atoms with Crippen LogP contribution in [-0.4, -0.2) is 87.3 Å². The van der Waals surface area contributed by atoms with E-state index in [0.717, 1.165) is 0 Å². The molecule has 0 aliphatic rings. The Hall–Kier alpha value is -2.38. The van der Waals surface area contributed by atoms with Gasteiger partial charge in [0.25, 0.3) is 0 Å². The number of carbonyl (C=O) groups excluding carboxylic acids is 3. The van der Waals surface area contributed by atoms with Crippen LogP contribution in [0.1, 0.15) is 33.1 Å². The van der Waals surface area contributed by atoms with E-state index in [0.29, 0.717) is 5.75 Å². The third-order valence-corrected chi connectivity index (χ3v) is 4.63. The van der Waals surface area contributed by atoms with Crippen molar-refractivity contribution in [2.75, 3.05) is 12.0 Å². The second kappa shape index (κ2) is 13.8. The van der Waals surface area contributed by atoms with Gasteiger partial charge in [-0.25, -0.2) is 4.79 Å². The first-order chi connectivity index (χ1) is 13.9. The number of carbonyl (C=O) groups is 5. The van der Waals surface area contributed by atoms with Gasteiger partial charge in [-0.15, -0.1) is 0 Å².